The molecule has 1 aromatic carbocycles. The molecule has 1 aromatic heterocycles. The summed E-state index contributed by atoms with van der Waals surface area (Å²) in [6.07, 6.45) is 4.06. The zero-order chi connectivity index (χ0) is 20.5. The Morgan fingerprint density at radius 1 is 1.27 bits per heavy atom. The molecule has 0 radical (unpaired) electrons. The minimum Gasteiger partial charge on any atom is -0.439 e. The summed E-state index contributed by atoms with van der Waals surface area (Å²) in [5.41, 5.74) is 1.56. The van der Waals surface area contributed by atoms with Crippen LogP contribution in [0, 0.1) is 5.92 Å². The van der Waals surface area contributed by atoms with Crippen LogP contribution in [0.25, 0.3) is 0 Å². The lowest BCUT2D eigenvalue weighted by atomic mass is 9.79. The van der Waals surface area contributed by atoms with Gasteiger partial charge in [0.2, 0.25) is 0 Å². The van der Waals surface area contributed by atoms with Crippen LogP contribution in [-0.2, 0) is 4.74 Å². The molecule has 2 bridgehead atoms. The Hall–Kier alpha value is -1.87. The van der Waals surface area contributed by atoms with Gasteiger partial charge >= 0.3 is 0 Å². The Kier molecular flexibility index (Phi) is 5.82. The first kappa shape index (κ1) is 20.1. The summed E-state index contributed by atoms with van der Waals surface area (Å²) in [5, 5.41) is 7.26. The highest BCUT2D eigenvalue weighted by Gasteiger charge is 2.40. The molecule has 6 rings (SSSR count). The van der Waals surface area contributed by atoms with E-state index in [0.717, 1.165) is 36.8 Å². The van der Waals surface area contributed by atoms with Gasteiger partial charge in [-0.05, 0) is 74.8 Å². The van der Waals surface area contributed by atoms with E-state index in [9.17, 15) is 4.79 Å². The number of carbonyl (C=O) groups excluding carboxylic acids is 1. The molecule has 0 aliphatic carbocycles. The molecule has 0 saturated carbocycles. The molecule has 2 N–H and O–H groups in total. The number of amides is 1. The van der Waals surface area contributed by atoms with Crippen LogP contribution in [0.4, 0.5) is 0 Å². The molecule has 160 valence electrons. The van der Waals surface area contributed by atoms with Crippen LogP contribution < -0.4 is 10.6 Å². The third kappa shape index (κ3) is 4.14. The van der Waals surface area contributed by atoms with Crippen molar-refractivity contribution < 1.29 is 13.9 Å². The number of carbonyl (C=O) groups is 1. The topological polar surface area (TPSA) is 79.6 Å². The normalized spacial score (nSPS) is 30.9. The third-order valence-corrected chi connectivity index (χ3v) is 7.45. The lowest BCUT2D eigenvalue weighted by Gasteiger charge is -2.49. The number of nitrogens with one attached hydrogen (secondary N) is 2. The van der Waals surface area contributed by atoms with Gasteiger partial charge in [0, 0.05) is 29.1 Å². The number of benzene rings is 1. The van der Waals surface area contributed by atoms with Crippen molar-refractivity contribution in [3.8, 4) is 0 Å². The average Bonchev–Trinajstić information content (AvgIpc) is 3.26. The van der Waals surface area contributed by atoms with Gasteiger partial charge in [-0.25, -0.2) is 4.98 Å². The molecular weight excluding hydrogens is 400 g/mol. The minimum atomic E-state index is 0.0129. The van der Waals surface area contributed by atoms with Gasteiger partial charge in [0.25, 0.3) is 11.1 Å². The number of morpholine rings is 1. The molecule has 1 amide bonds. The Labute approximate surface area is 180 Å². The molecule has 4 fully saturated rings. The quantitative estimate of drug-likeness (QED) is 0.758. The summed E-state index contributed by atoms with van der Waals surface area (Å²) in [6, 6.07) is 8.40. The van der Waals surface area contributed by atoms with Crippen LogP contribution in [0.5, 0.6) is 0 Å². The summed E-state index contributed by atoms with van der Waals surface area (Å²) in [6.45, 7) is 6.72. The highest BCUT2D eigenvalue weighted by molar-refractivity contribution is 7.99. The van der Waals surface area contributed by atoms with E-state index in [1.54, 1.807) is 6.26 Å². The molecule has 5 heterocycles. The molecule has 4 aliphatic heterocycles. The summed E-state index contributed by atoms with van der Waals surface area (Å²) >= 11 is 1.45. The maximum absolute atomic E-state index is 12.8. The van der Waals surface area contributed by atoms with Crippen LogP contribution in [0.2, 0.25) is 0 Å². The van der Waals surface area contributed by atoms with Gasteiger partial charge in [-0.2, -0.15) is 0 Å². The number of hydrogen-bond donors (Lipinski definition) is 2. The maximum Gasteiger partial charge on any atom is 0.260 e. The lowest BCUT2D eigenvalue weighted by molar-refractivity contribution is 0.0217. The van der Waals surface area contributed by atoms with Gasteiger partial charge in [0.15, 0.2) is 0 Å². The van der Waals surface area contributed by atoms with E-state index in [1.807, 2.05) is 24.3 Å². The second-order valence-electron chi connectivity index (χ2n) is 8.36. The number of piperidine rings is 3. The van der Waals surface area contributed by atoms with E-state index in [0.29, 0.717) is 29.4 Å². The largest absolute Gasteiger partial charge is 0.439 e. The molecular formula is C22H28N4O3S. The van der Waals surface area contributed by atoms with Gasteiger partial charge in [0.1, 0.15) is 6.26 Å². The fourth-order valence-electron chi connectivity index (χ4n) is 4.79. The van der Waals surface area contributed by atoms with Crippen molar-refractivity contribution in [3.05, 3.63) is 41.8 Å². The summed E-state index contributed by atoms with van der Waals surface area (Å²) in [7, 11) is 0. The average molecular weight is 429 g/mol. The van der Waals surface area contributed by atoms with Crippen LogP contribution in [0.3, 0.4) is 0 Å². The standard InChI is InChI=1S/C22H28N4O3S/c1-14-20(15-6-9-26(14)10-7-15)25-21(27)16-2-4-17(5-3-16)30-22-24-19(13-29-22)18-12-28-11-8-23-18/h2-5,13-15,18,20,23H,6-12H2,1H3,(H,25,27)/t14-,18?,20-/m0/s1. The minimum absolute atomic E-state index is 0.0129. The van der Waals surface area contributed by atoms with Crippen molar-refractivity contribution in [2.75, 3.05) is 32.8 Å². The zero-order valence-electron chi connectivity index (χ0n) is 17.2. The molecule has 1 unspecified atom stereocenters. The molecule has 30 heavy (non-hydrogen) atoms. The molecule has 8 heteroatoms. The number of hydrogen-bond acceptors (Lipinski definition) is 7. The van der Waals surface area contributed by atoms with E-state index in [1.165, 1.54) is 24.6 Å². The number of oxazole rings is 1. The highest BCUT2D eigenvalue weighted by Crippen LogP contribution is 2.32. The zero-order valence-corrected chi connectivity index (χ0v) is 18.0. The molecule has 7 nitrogen and oxygen atoms in total. The van der Waals surface area contributed by atoms with Crippen LogP contribution in [0.1, 0.15) is 41.9 Å². The van der Waals surface area contributed by atoms with Crippen molar-refractivity contribution in [2.45, 2.75) is 48.0 Å². The summed E-state index contributed by atoms with van der Waals surface area (Å²) in [5.74, 6) is 0.617. The lowest BCUT2D eigenvalue weighted by Crippen LogP contribution is -2.62. The van der Waals surface area contributed by atoms with Gasteiger partial charge in [-0.1, -0.05) is 0 Å². The Balaban J connectivity index is 1.19. The van der Waals surface area contributed by atoms with Crippen molar-refractivity contribution in [3.63, 3.8) is 0 Å². The number of fused-ring (bicyclic) bond motifs is 3. The first-order valence-corrected chi connectivity index (χ1v) is 11.6. The van der Waals surface area contributed by atoms with Gasteiger partial charge < -0.3 is 19.8 Å². The molecule has 0 spiro atoms. The van der Waals surface area contributed by atoms with Crippen LogP contribution in [0.15, 0.2) is 45.1 Å². The van der Waals surface area contributed by atoms with Crippen LogP contribution >= 0.6 is 11.8 Å². The predicted octanol–water partition coefficient (Wildman–Crippen LogP) is 2.70. The number of aromatic nitrogens is 1. The SMILES string of the molecule is C[C@H]1[C@H](NC(=O)c2ccc(Sc3nc(C4COCCN4)co3)cc2)C2CCN1CC2. The Morgan fingerprint density at radius 3 is 2.77 bits per heavy atom. The third-order valence-electron chi connectivity index (χ3n) is 6.58. The predicted molar refractivity (Wildman–Crippen MR) is 114 cm³/mol. The maximum atomic E-state index is 12.8. The van der Waals surface area contributed by atoms with E-state index < -0.39 is 0 Å². The Bertz CT molecular complexity index is 871. The first-order chi connectivity index (χ1) is 14.7. The van der Waals surface area contributed by atoms with Crippen molar-refractivity contribution >= 4 is 17.7 Å². The van der Waals surface area contributed by atoms with E-state index in [4.69, 9.17) is 9.15 Å². The Morgan fingerprint density at radius 2 is 2.07 bits per heavy atom. The van der Waals surface area contributed by atoms with E-state index in [-0.39, 0.29) is 18.0 Å². The van der Waals surface area contributed by atoms with Crippen LogP contribution in [-0.4, -0.2) is 60.7 Å². The van der Waals surface area contributed by atoms with Gasteiger partial charge in [-0.15, -0.1) is 0 Å². The number of nitrogens with zero attached hydrogens (tertiary/aromatic N) is 2. The second-order valence-corrected chi connectivity index (χ2v) is 9.38. The van der Waals surface area contributed by atoms with E-state index in [2.05, 4.69) is 27.4 Å². The number of rotatable bonds is 5. The van der Waals surface area contributed by atoms with Gasteiger partial charge in [-0.3, -0.25) is 9.69 Å². The molecule has 4 aliphatic rings. The monoisotopic (exact) mass is 428 g/mol. The van der Waals surface area contributed by atoms with Crippen molar-refractivity contribution in [1.29, 1.82) is 0 Å². The summed E-state index contributed by atoms with van der Waals surface area (Å²) < 4.78 is 11.1. The van der Waals surface area contributed by atoms with E-state index >= 15 is 0 Å². The first-order valence-electron chi connectivity index (χ1n) is 10.8. The highest BCUT2D eigenvalue weighted by atomic mass is 32.2. The van der Waals surface area contributed by atoms with Gasteiger partial charge in [0.05, 0.1) is 24.9 Å². The fraction of sp³-hybridized carbons (Fsp3) is 0.545. The molecule has 3 atom stereocenters. The smallest absolute Gasteiger partial charge is 0.260 e. The number of ether oxygens (including phenoxy) is 1. The molecule has 4 saturated heterocycles. The summed E-state index contributed by atoms with van der Waals surface area (Å²) in [4.78, 5) is 20.8. The second kappa shape index (κ2) is 8.70. The molecule has 2 aromatic rings. The van der Waals surface area contributed by atoms with Crippen molar-refractivity contribution in [2.24, 2.45) is 5.92 Å². The van der Waals surface area contributed by atoms with Crippen molar-refractivity contribution in [1.82, 2.24) is 20.5 Å². The fourth-order valence-corrected chi connectivity index (χ4v) is 5.51.